The molecule has 0 heterocycles. The largest absolute Gasteiger partial charge is 0.330 e. The molecular weight excluding hydrogens is 218 g/mol. The Kier molecular flexibility index (Phi) is 2.59. The lowest BCUT2D eigenvalue weighted by atomic mass is 10.1. The van der Waals surface area contributed by atoms with Crippen LogP contribution in [0.5, 0.6) is 0 Å². The van der Waals surface area contributed by atoms with Crippen molar-refractivity contribution in [1.29, 1.82) is 0 Å². The number of nitrogens with two attached hydrogens (primary N) is 1. The highest BCUT2D eigenvalue weighted by atomic mass is 19.1. The summed E-state index contributed by atoms with van der Waals surface area (Å²) in [5, 5.41) is 10.4. The summed E-state index contributed by atoms with van der Waals surface area (Å²) in [5.74, 6) is -1.66. The Morgan fingerprint density at radius 3 is 2.62 bits per heavy atom. The normalized spacial score (nSPS) is 23.2. The van der Waals surface area contributed by atoms with Crippen LogP contribution in [0.2, 0.25) is 0 Å². The van der Waals surface area contributed by atoms with Crippen molar-refractivity contribution < 1.29 is 13.7 Å². The third kappa shape index (κ3) is 1.76. The molecule has 2 N–H and O–H groups in total. The fourth-order valence-electron chi connectivity index (χ4n) is 1.86. The van der Waals surface area contributed by atoms with Gasteiger partial charge < -0.3 is 5.73 Å². The summed E-state index contributed by atoms with van der Waals surface area (Å²) in [6.45, 7) is 0.419. The van der Waals surface area contributed by atoms with Gasteiger partial charge in [0.2, 0.25) is 5.82 Å². The van der Waals surface area contributed by atoms with Gasteiger partial charge in [-0.2, -0.15) is 4.39 Å². The molecule has 1 fully saturated rings. The van der Waals surface area contributed by atoms with Gasteiger partial charge in [0.05, 0.1) is 11.0 Å². The van der Waals surface area contributed by atoms with E-state index in [4.69, 9.17) is 5.73 Å². The number of nitrogens with zero attached hydrogens (tertiary/aromatic N) is 1. The molecule has 1 aromatic carbocycles. The molecule has 0 radical (unpaired) electrons. The van der Waals surface area contributed by atoms with Gasteiger partial charge in [-0.25, -0.2) is 4.39 Å². The van der Waals surface area contributed by atoms with Gasteiger partial charge in [-0.1, -0.05) is 0 Å². The molecule has 0 aliphatic heterocycles. The molecule has 1 aromatic rings. The maximum Gasteiger partial charge on any atom is 0.307 e. The molecule has 4 nitrogen and oxygen atoms in total. The minimum Gasteiger partial charge on any atom is -0.330 e. The molecule has 1 saturated carbocycles. The lowest BCUT2D eigenvalue weighted by Crippen LogP contribution is -2.03. The number of halogens is 2. The average molecular weight is 228 g/mol. The third-order valence-corrected chi connectivity index (χ3v) is 2.89. The predicted octanol–water partition coefficient (Wildman–Crippen LogP) is 1.94. The van der Waals surface area contributed by atoms with E-state index in [1.165, 1.54) is 0 Å². The van der Waals surface area contributed by atoms with E-state index in [1.807, 2.05) is 0 Å². The predicted molar refractivity (Wildman–Crippen MR) is 52.9 cm³/mol. The van der Waals surface area contributed by atoms with Gasteiger partial charge >= 0.3 is 5.69 Å². The fourth-order valence-corrected chi connectivity index (χ4v) is 1.86. The standard InChI is InChI=1S/C10H10F2N2O2/c11-8-3-10(14(15)16)9(12)2-7(8)6-1-5(6)4-13/h2-3,5-6H,1,4,13H2/t5-,6+/m0/s1. The number of hydrogen-bond donors (Lipinski definition) is 1. The Morgan fingerprint density at radius 2 is 2.12 bits per heavy atom. The van der Waals surface area contributed by atoms with E-state index in [0.29, 0.717) is 19.0 Å². The molecule has 1 aliphatic rings. The molecule has 0 aromatic heterocycles. The quantitative estimate of drug-likeness (QED) is 0.634. The van der Waals surface area contributed by atoms with Gasteiger partial charge in [-0.15, -0.1) is 0 Å². The Hall–Kier alpha value is -1.56. The third-order valence-electron chi connectivity index (χ3n) is 2.89. The molecule has 0 bridgehead atoms. The van der Waals surface area contributed by atoms with E-state index >= 15 is 0 Å². The van der Waals surface area contributed by atoms with Crippen molar-refractivity contribution in [3.05, 3.63) is 39.4 Å². The highest BCUT2D eigenvalue weighted by Gasteiger charge is 2.39. The molecule has 0 spiro atoms. The summed E-state index contributed by atoms with van der Waals surface area (Å²) in [4.78, 5) is 9.44. The van der Waals surface area contributed by atoms with E-state index in [-0.39, 0.29) is 17.4 Å². The highest BCUT2D eigenvalue weighted by molar-refractivity contribution is 5.39. The van der Waals surface area contributed by atoms with E-state index < -0.39 is 22.2 Å². The first-order valence-electron chi connectivity index (χ1n) is 4.88. The van der Waals surface area contributed by atoms with E-state index in [2.05, 4.69) is 0 Å². The summed E-state index contributed by atoms with van der Waals surface area (Å²) < 4.78 is 26.7. The van der Waals surface area contributed by atoms with Gasteiger partial charge in [0.15, 0.2) is 0 Å². The zero-order valence-corrected chi connectivity index (χ0v) is 8.32. The Balaban J connectivity index is 2.35. The molecule has 2 rings (SSSR count). The summed E-state index contributed by atoms with van der Waals surface area (Å²) >= 11 is 0. The first kappa shape index (κ1) is 10.9. The van der Waals surface area contributed by atoms with Crippen LogP contribution in [0.3, 0.4) is 0 Å². The molecule has 86 valence electrons. The lowest BCUT2D eigenvalue weighted by molar-refractivity contribution is -0.387. The monoisotopic (exact) mass is 228 g/mol. The Morgan fingerprint density at radius 1 is 1.44 bits per heavy atom. The summed E-state index contributed by atoms with van der Waals surface area (Å²) in [6, 6.07) is 1.55. The smallest absolute Gasteiger partial charge is 0.307 e. The lowest BCUT2D eigenvalue weighted by Gasteiger charge is -2.02. The van der Waals surface area contributed by atoms with Crippen molar-refractivity contribution in [2.75, 3.05) is 6.54 Å². The van der Waals surface area contributed by atoms with Gasteiger partial charge in [-0.05, 0) is 36.4 Å². The van der Waals surface area contributed by atoms with Crippen molar-refractivity contribution >= 4 is 5.69 Å². The zero-order chi connectivity index (χ0) is 11.9. The molecule has 2 atom stereocenters. The molecule has 6 heteroatoms. The summed E-state index contributed by atoms with van der Waals surface area (Å²) in [7, 11) is 0. The topological polar surface area (TPSA) is 69.2 Å². The van der Waals surface area contributed by atoms with Crippen molar-refractivity contribution in [2.45, 2.75) is 12.3 Å². The molecule has 0 unspecified atom stereocenters. The van der Waals surface area contributed by atoms with Crippen LogP contribution in [0, 0.1) is 27.7 Å². The van der Waals surface area contributed by atoms with E-state index in [9.17, 15) is 18.9 Å². The van der Waals surface area contributed by atoms with Crippen molar-refractivity contribution in [2.24, 2.45) is 11.7 Å². The number of benzene rings is 1. The molecule has 1 aliphatic carbocycles. The molecule has 0 saturated heterocycles. The molecular formula is C10H10F2N2O2. The van der Waals surface area contributed by atoms with Gasteiger partial charge in [0, 0.05) is 0 Å². The van der Waals surface area contributed by atoms with Gasteiger partial charge in [-0.3, -0.25) is 10.1 Å². The Labute approximate surface area is 90.2 Å². The number of hydrogen-bond acceptors (Lipinski definition) is 3. The zero-order valence-electron chi connectivity index (χ0n) is 8.32. The van der Waals surface area contributed by atoms with Crippen LogP contribution < -0.4 is 5.73 Å². The van der Waals surface area contributed by atoms with Crippen LogP contribution in [-0.4, -0.2) is 11.5 Å². The minimum absolute atomic E-state index is 0.0969. The van der Waals surface area contributed by atoms with Gasteiger partial charge in [0.25, 0.3) is 0 Å². The van der Waals surface area contributed by atoms with E-state index in [1.54, 1.807) is 0 Å². The Bertz CT molecular complexity index is 451. The number of rotatable bonds is 3. The maximum atomic E-state index is 13.5. The average Bonchev–Trinajstić information content (AvgIpc) is 2.99. The molecule has 0 amide bonds. The van der Waals surface area contributed by atoms with Crippen LogP contribution in [0.15, 0.2) is 12.1 Å². The SMILES string of the molecule is NC[C@@H]1C[C@H]1c1cc(F)c([N+](=O)[O-])cc1F. The summed E-state index contributed by atoms with van der Waals surface area (Å²) in [5.41, 5.74) is 4.77. The minimum atomic E-state index is -0.996. The fraction of sp³-hybridized carbons (Fsp3) is 0.400. The van der Waals surface area contributed by atoms with Crippen LogP contribution in [0.4, 0.5) is 14.5 Å². The summed E-state index contributed by atoms with van der Waals surface area (Å²) in [6.07, 6.45) is 0.713. The number of nitro groups is 1. The second-order valence-electron chi connectivity index (χ2n) is 3.92. The van der Waals surface area contributed by atoms with Gasteiger partial charge in [0.1, 0.15) is 5.82 Å². The van der Waals surface area contributed by atoms with Crippen LogP contribution in [-0.2, 0) is 0 Å². The van der Waals surface area contributed by atoms with E-state index in [0.717, 1.165) is 6.07 Å². The molecule has 16 heavy (non-hydrogen) atoms. The maximum absolute atomic E-state index is 13.5. The van der Waals surface area contributed by atoms with Crippen LogP contribution in [0.25, 0.3) is 0 Å². The number of nitro benzene ring substituents is 1. The van der Waals surface area contributed by atoms with Crippen LogP contribution in [0.1, 0.15) is 17.9 Å². The second-order valence-corrected chi connectivity index (χ2v) is 3.92. The van der Waals surface area contributed by atoms with Crippen molar-refractivity contribution in [1.82, 2.24) is 0 Å². The van der Waals surface area contributed by atoms with Crippen molar-refractivity contribution in [3.63, 3.8) is 0 Å². The first-order chi connectivity index (χ1) is 7.54. The highest BCUT2D eigenvalue weighted by Crippen LogP contribution is 2.48. The van der Waals surface area contributed by atoms with Crippen LogP contribution >= 0.6 is 0 Å². The van der Waals surface area contributed by atoms with Crippen molar-refractivity contribution in [3.8, 4) is 0 Å². The second kappa shape index (κ2) is 3.79. The first-order valence-corrected chi connectivity index (χ1v) is 4.88.